The van der Waals surface area contributed by atoms with E-state index in [0.717, 1.165) is 13.2 Å². The molecule has 0 saturated heterocycles. The second-order valence-electron chi connectivity index (χ2n) is 5.21. The van der Waals surface area contributed by atoms with Crippen molar-refractivity contribution in [1.29, 1.82) is 0 Å². The Labute approximate surface area is 143 Å². The van der Waals surface area contributed by atoms with Crippen molar-refractivity contribution in [3.63, 3.8) is 0 Å². The number of fused-ring (bicyclic) bond motifs is 1. The van der Waals surface area contributed by atoms with E-state index in [1.165, 1.54) is 38.8 Å². The summed E-state index contributed by atoms with van der Waals surface area (Å²) in [5, 5.41) is 0. The minimum Gasteiger partial charge on any atom is -0.492 e. The fourth-order valence-electron chi connectivity index (χ4n) is 2.72. The molecule has 25 heavy (non-hydrogen) atoms. The number of hydrogen-bond acceptors (Lipinski definition) is 7. The summed E-state index contributed by atoms with van der Waals surface area (Å²) in [5.74, 6) is -2.63. The summed E-state index contributed by atoms with van der Waals surface area (Å²) in [6, 6.07) is 0. The van der Waals surface area contributed by atoms with Crippen LogP contribution in [0.5, 0.6) is 0 Å². The van der Waals surface area contributed by atoms with Crippen molar-refractivity contribution >= 4 is 29.6 Å². The maximum absolute atomic E-state index is 12.7. The molecule has 0 aliphatic heterocycles. The van der Waals surface area contributed by atoms with Gasteiger partial charge in [0.15, 0.2) is 5.76 Å². The molecule has 0 spiro atoms. The van der Waals surface area contributed by atoms with Gasteiger partial charge in [-0.3, -0.25) is 9.59 Å². The largest absolute Gasteiger partial charge is 0.492 e. The molecule has 8 heteroatoms. The van der Waals surface area contributed by atoms with E-state index in [1.807, 2.05) is 0 Å². The molecule has 0 fully saturated rings. The van der Waals surface area contributed by atoms with E-state index in [9.17, 15) is 19.2 Å². The molecular formula is C17H17NO7. The van der Waals surface area contributed by atoms with E-state index in [1.54, 1.807) is 0 Å². The van der Waals surface area contributed by atoms with E-state index in [2.05, 4.69) is 4.74 Å². The monoisotopic (exact) mass is 347 g/mol. The standard InChI is InChI=1S/C17H17NO7/c1-8-14(20)13-12(15(21)16(8)24-4)11(17(22)25-5)9(18(13)2)6-7-10(19)23-3/h6-7H,1-5H3/b7-6+. The third kappa shape index (κ3) is 2.75. The molecule has 1 aromatic heterocycles. The Balaban J connectivity index is 2.82. The molecule has 8 nitrogen and oxygen atoms in total. The summed E-state index contributed by atoms with van der Waals surface area (Å²) in [6.07, 6.45) is 2.37. The Kier molecular flexibility index (Phi) is 4.92. The van der Waals surface area contributed by atoms with Gasteiger partial charge in [0.2, 0.25) is 11.6 Å². The lowest BCUT2D eigenvalue weighted by Crippen LogP contribution is -2.24. The van der Waals surface area contributed by atoms with Crippen molar-refractivity contribution in [2.75, 3.05) is 21.3 Å². The summed E-state index contributed by atoms with van der Waals surface area (Å²) < 4.78 is 15.7. The molecule has 1 aromatic rings. The number of aromatic nitrogens is 1. The summed E-state index contributed by atoms with van der Waals surface area (Å²) in [7, 11) is 5.14. The minimum absolute atomic E-state index is 0.0354. The normalized spacial score (nSPS) is 14.0. The third-order valence-electron chi connectivity index (χ3n) is 3.94. The van der Waals surface area contributed by atoms with Crippen LogP contribution in [0, 0.1) is 0 Å². The first-order valence-electron chi connectivity index (χ1n) is 7.21. The molecule has 0 N–H and O–H groups in total. The van der Waals surface area contributed by atoms with Crippen LogP contribution in [-0.2, 0) is 26.1 Å². The number of esters is 2. The van der Waals surface area contributed by atoms with Gasteiger partial charge in [0.1, 0.15) is 5.69 Å². The first-order valence-corrected chi connectivity index (χ1v) is 7.21. The number of hydrogen-bond donors (Lipinski definition) is 0. The molecule has 1 aliphatic rings. The highest BCUT2D eigenvalue weighted by atomic mass is 16.5. The van der Waals surface area contributed by atoms with Gasteiger partial charge in [0, 0.05) is 18.7 Å². The quantitative estimate of drug-likeness (QED) is 0.597. The number of ether oxygens (including phenoxy) is 3. The predicted octanol–water partition coefficient (Wildman–Crippen LogP) is 1.30. The van der Waals surface area contributed by atoms with Crippen LogP contribution in [0.25, 0.3) is 6.08 Å². The highest BCUT2D eigenvalue weighted by Crippen LogP contribution is 2.33. The van der Waals surface area contributed by atoms with Crippen molar-refractivity contribution in [3.05, 3.63) is 39.9 Å². The van der Waals surface area contributed by atoms with E-state index >= 15 is 0 Å². The zero-order valence-corrected chi connectivity index (χ0v) is 14.5. The first kappa shape index (κ1) is 18.2. The number of ketones is 2. The van der Waals surface area contributed by atoms with Crippen LogP contribution >= 0.6 is 0 Å². The lowest BCUT2D eigenvalue weighted by Gasteiger charge is -2.16. The molecule has 132 valence electrons. The maximum Gasteiger partial charge on any atom is 0.340 e. The highest BCUT2D eigenvalue weighted by Gasteiger charge is 2.40. The number of rotatable bonds is 4. The second-order valence-corrected chi connectivity index (χ2v) is 5.21. The molecule has 0 saturated carbocycles. The van der Waals surface area contributed by atoms with E-state index in [4.69, 9.17) is 9.47 Å². The zero-order chi connectivity index (χ0) is 18.9. The SMILES string of the molecule is COC(=O)/C=C/c1c(C(=O)OC)c2c(n1C)C(=O)C(C)=C(OC)C2=O. The maximum atomic E-state index is 12.7. The van der Waals surface area contributed by atoms with Crippen molar-refractivity contribution < 1.29 is 33.4 Å². The summed E-state index contributed by atoms with van der Waals surface area (Å²) in [6.45, 7) is 1.47. The van der Waals surface area contributed by atoms with Crippen molar-refractivity contribution in [3.8, 4) is 0 Å². The number of methoxy groups -OCH3 is 3. The zero-order valence-electron chi connectivity index (χ0n) is 14.5. The molecule has 0 unspecified atom stereocenters. The van der Waals surface area contributed by atoms with Gasteiger partial charge in [0.25, 0.3) is 0 Å². The van der Waals surface area contributed by atoms with Crippen LogP contribution in [-0.4, -0.2) is 49.4 Å². The molecular weight excluding hydrogens is 330 g/mol. The van der Waals surface area contributed by atoms with Gasteiger partial charge in [-0.05, 0) is 13.0 Å². The van der Waals surface area contributed by atoms with Gasteiger partial charge >= 0.3 is 11.9 Å². The lowest BCUT2D eigenvalue weighted by molar-refractivity contribution is -0.134. The van der Waals surface area contributed by atoms with Crippen molar-refractivity contribution in [1.82, 2.24) is 4.57 Å². The van der Waals surface area contributed by atoms with Gasteiger partial charge in [-0.15, -0.1) is 0 Å². The Hall–Kier alpha value is -3.16. The van der Waals surface area contributed by atoms with Gasteiger partial charge in [-0.25, -0.2) is 9.59 Å². The first-order chi connectivity index (χ1) is 11.8. The fraction of sp³-hybridized carbons (Fsp3) is 0.294. The number of nitrogens with zero attached hydrogens (tertiary/aromatic N) is 1. The van der Waals surface area contributed by atoms with Crippen molar-refractivity contribution in [2.45, 2.75) is 6.92 Å². The van der Waals surface area contributed by atoms with Crippen LogP contribution in [0.3, 0.4) is 0 Å². The van der Waals surface area contributed by atoms with Crippen LogP contribution < -0.4 is 0 Å². The fourth-order valence-corrected chi connectivity index (χ4v) is 2.72. The Morgan fingerprint density at radius 2 is 1.68 bits per heavy atom. The molecule has 1 heterocycles. The Morgan fingerprint density at radius 1 is 1.04 bits per heavy atom. The minimum atomic E-state index is -0.808. The number of carbonyl (C=O) groups excluding carboxylic acids is 4. The average Bonchev–Trinajstić information content (AvgIpc) is 2.90. The molecule has 2 rings (SSSR count). The third-order valence-corrected chi connectivity index (χ3v) is 3.94. The second kappa shape index (κ2) is 6.76. The van der Waals surface area contributed by atoms with Gasteiger partial charge in [-0.2, -0.15) is 0 Å². The van der Waals surface area contributed by atoms with Crippen LogP contribution in [0.1, 0.15) is 43.8 Å². The summed E-state index contributed by atoms with van der Waals surface area (Å²) in [4.78, 5) is 49.0. The molecule has 0 atom stereocenters. The lowest BCUT2D eigenvalue weighted by atomic mass is 9.91. The van der Waals surface area contributed by atoms with Crippen LogP contribution in [0.2, 0.25) is 0 Å². The highest BCUT2D eigenvalue weighted by molar-refractivity contribution is 6.28. The summed E-state index contributed by atoms with van der Waals surface area (Å²) in [5.41, 5.74) is 0.134. The van der Waals surface area contributed by atoms with Gasteiger partial charge in [0.05, 0.1) is 38.2 Å². The van der Waals surface area contributed by atoms with Crippen LogP contribution in [0.4, 0.5) is 0 Å². The average molecular weight is 347 g/mol. The molecule has 1 aliphatic carbocycles. The smallest absolute Gasteiger partial charge is 0.340 e. The van der Waals surface area contributed by atoms with Crippen LogP contribution in [0.15, 0.2) is 17.4 Å². The predicted molar refractivity (Wildman–Crippen MR) is 86.2 cm³/mol. The Bertz CT molecular complexity index is 855. The van der Waals surface area contributed by atoms with Crippen molar-refractivity contribution in [2.24, 2.45) is 7.05 Å². The topological polar surface area (TPSA) is 101 Å². The van der Waals surface area contributed by atoms with E-state index < -0.39 is 23.5 Å². The van der Waals surface area contributed by atoms with E-state index in [-0.39, 0.29) is 33.8 Å². The Morgan fingerprint density at radius 3 is 2.20 bits per heavy atom. The number of allylic oxidation sites excluding steroid dienone is 2. The van der Waals surface area contributed by atoms with Gasteiger partial charge < -0.3 is 18.8 Å². The molecule has 0 aromatic carbocycles. The van der Waals surface area contributed by atoms with E-state index in [0.29, 0.717) is 0 Å². The number of Topliss-reactive ketones (excluding diaryl/α,β-unsaturated/α-hetero) is 2. The summed E-state index contributed by atoms with van der Waals surface area (Å²) >= 11 is 0. The number of carbonyl (C=O) groups is 4. The molecule has 0 amide bonds. The van der Waals surface area contributed by atoms with Gasteiger partial charge in [-0.1, -0.05) is 0 Å². The molecule has 0 bridgehead atoms. The molecule has 0 radical (unpaired) electrons.